The van der Waals surface area contributed by atoms with Gasteiger partial charge < -0.3 is 64.9 Å². The highest BCUT2D eigenvalue weighted by molar-refractivity contribution is 6.32. The van der Waals surface area contributed by atoms with E-state index in [0.717, 1.165) is 110 Å². The zero-order valence-corrected chi connectivity index (χ0v) is 62.3. The molecule has 27 nitrogen and oxygen atoms in total. The molecule has 10 aromatic heterocycles. The van der Waals surface area contributed by atoms with E-state index in [0.29, 0.717) is 83.9 Å². The molecule has 3 saturated carbocycles. The lowest BCUT2D eigenvalue weighted by atomic mass is 10.1. The van der Waals surface area contributed by atoms with Crippen molar-refractivity contribution in [2.24, 2.45) is 7.05 Å². The van der Waals surface area contributed by atoms with E-state index in [1.807, 2.05) is 86.9 Å². The number of rotatable bonds is 15. The molecule has 18 rings (SSSR count). The third-order valence-corrected chi connectivity index (χ3v) is 19.7. The minimum Gasteiger partial charge on any atom is -0.449 e. The number of pyridine rings is 1. The fraction of sp³-hybridized carbons (Fsp3) is 0.212. The number of hydrogen-bond acceptors (Lipinski definition) is 16. The molecule has 2 unspecified atom stereocenters. The van der Waals surface area contributed by atoms with Gasteiger partial charge in [0.1, 0.15) is 58.4 Å². The number of aromatic amines is 5. The van der Waals surface area contributed by atoms with E-state index >= 15 is 0 Å². The lowest BCUT2D eigenvalue weighted by Crippen LogP contribution is -2.35. The van der Waals surface area contributed by atoms with Crippen molar-refractivity contribution in [3.8, 4) is 12.1 Å². The van der Waals surface area contributed by atoms with Crippen molar-refractivity contribution in [1.29, 1.82) is 10.5 Å². The molecular formula is C80H70Cl3N19O8. The van der Waals surface area contributed by atoms with Gasteiger partial charge in [0.15, 0.2) is 17.6 Å². The first-order chi connectivity index (χ1) is 52.9. The van der Waals surface area contributed by atoms with Crippen molar-refractivity contribution >= 4 is 119 Å². The van der Waals surface area contributed by atoms with Gasteiger partial charge in [-0.15, -0.1) is 0 Å². The van der Waals surface area contributed by atoms with Crippen LogP contribution in [0.15, 0.2) is 184 Å². The number of fused-ring (bicyclic) bond motifs is 5. The van der Waals surface area contributed by atoms with E-state index in [-0.39, 0.29) is 52.2 Å². The molecule has 5 amide bonds. The zero-order valence-electron chi connectivity index (χ0n) is 60.0. The number of benzene rings is 5. The number of carbonyl (C=O) groups excluding carboxylic acids is 5. The number of halogens is 3. The van der Waals surface area contributed by atoms with Gasteiger partial charge in [-0.05, 0) is 204 Å². The van der Waals surface area contributed by atoms with Gasteiger partial charge in [0.2, 0.25) is 5.89 Å². The molecule has 5 aromatic carbocycles. The molecule has 554 valence electrons. The number of carbonyl (C=O) groups is 5. The summed E-state index contributed by atoms with van der Waals surface area (Å²) in [7, 11) is 1.88. The van der Waals surface area contributed by atoms with E-state index in [2.05, 4.69) is 93.8 Å². The SMILES string of the molecule is Cc1nc(C(C)NC(=O)c2cc3cc(C#N)ccc3[nH]2)co1.Cc1nc(C2(NC(=O)c3cc4cc(Cl)ccc4[nH]3)CC2)co1.Cc1noc(C(C)NC(=O)c2cc3cc(C#N)ccc3[nH]2)n1.Cn1ccc(C2(NC(=O)c3cc4cc(Cl)ccc4[nH]3)CC2)n1.O=C(NC1(c2ccncc2)CC1)c1cc2cc(Cl)ccc2[nH]1. The van der Waals surface area contributed by atoms with Crippen LogP contribution in [0.4, 0.5) is 0 Å². The largest absolute Gasteiger partial charge is 0.449 e. The van der Waals surface area contributed by atoms with Gasteiger partial charge in [0.25, 0.3) is 29.5 Å². The Kier molecular flexibility index (Phi) is 20.6. The highest BCUT2D eigenvalue weighted by Gasteiger charge is 2.50. The predicted molar refractivity (Wildman–Crippen MR) is 412 cm³/mol. The molecule has 0 saturated heterocycles. The van der Waals surface area contributed by atoms with Crippen LogP contribution in [0.25, 0.3) is 54.5 Å². The summed E-state index contributed by atoms with van der Waals surface area (Å²) in [6.45, 7) is 8.87. The third-order valence-electron chi connectivity index (χ3n) is 19.0. The second-order valence-electron chi connectivity index (χ2n) is 27.3. The van der Waals surface area contributed by atoms with Crippen LogP contribution >= 0.6 is 34.8 Å². The molecule has 10 N–H and O–H groups in total. The molecule has 3 aliphatic rings. The van der Waals surface area contributed by atoms with Gasteiger partial charge >= 0.3 is 0 Å². The Labute approximate surface area is 641 Å². The number of nitriles is 2. The topological polar surface area (TPSA) is 394 Å². The quantitative estimate of drug-likeness (QED) is 0.0456. The van der Waals surface area contributed by atoms with E-state index in [9.17, 15) is 24.0 Å². The van der Waals surface area contributed by atoms with Gasteiger partial charge in [0.05, 0.1) is 51.6 Å². The summed E-state index contributed by atoms with van der Waals surface area (Å²) in [5.74, 6) is 1.17. The number of oxazole rings is 2. The van der Waals surface area contributed by atoms with Crippen molar-refractivity contribution in [2.45, 2.75) is 102 Å². The Hall–Kier alpha value is -13.1. The maximum absolute atomic E-state index is 12.5. The smallest absolute Gasteiger partial charge is 0.268 e. The van der Waals surface area contributed by atoms with Crippen LogP contribution in [0.5, 0.6) is 0 Å². The van der Waals surface area contributed by atoms with Gasteiger partial charge in [0, 0.05) is 109 Å². The first-order valence-electron chi connectivity index (χ1n) is 35.0. The summed E-state index contributed by atoms with van der Waals surface area (Å²) < 4.78 is 17.2. The van der Waals surface area contributed by atoms with E-state index in [1.165, 1.54) is 6.26 Å². The van der Waals surface area contributed by atoms with Crippen LogP contribution in [0, 0.1) is 43.4 Å². The van der Waals surface area contributed by atoms with Crippen LogP contribution in [0.3, 0.4) is 0 Å². The molecular weight excluding hydrogens is 1460 g/mol. The number of aryl methyl sites for hydroxylation is 4. The molecule has 10 heterocycles. The summed E-state index contributed by atoms with van der Waals surface area (Å²) in [5.41, 5.74) is 10.4. The molecule has 15 aromatic rings. The van der Waals surface area contributed by atoms with Crippen molar-refractivity contribution in [1.82, 2.24) is 86.4 Å². The number of nitrogens with one attached hydrogen (secondary N) is 10. The van der Waals surface area contributed by atoms with Crippen LogP contribution in [-0.2, 0) is 23.7 Å². The van der Waals surface area contributed by atoms with Crippen molar-refractivity contribution < 1.29 is 37.3 Å². The van der Waals surface area contributed by atoms with Crippen molar-refractivity contribution in [2.75, 3.05) is 0 Å². The summed E-state index contributed by atoms with van der Waals surface area (Å²) in [4.78, 5) is 94.2. The minimum atomic E-state index is -0.394. The van der Waals surface area contributed by atoms with Crippen LogP contribution < -0.4 is 26.6 Å². The van der Waals surface area contributed by atoms with Gasteiger partial charge in [-0.3, -0.25) is 33.6 Å². The maximum Gasteiger partial charge on any atom is 0.268 e. The Morgan fingerprint density at radius 1 is 0.482 bits per heavy atom. The maximum atomic E-state index is 12.5. The van der Waals surface area contributed by atoms with E-state index in [1.54, 1.807) is 124 Å². The Morgan fingerprint density at radius 3 is 1.26 bits per heavy atom. The van der Waals surface area contributed by atoms with E-state index < -0.39 is 6.04 Å². The standard InChI is InChI=1S/C17H14ClN3O.C16H15ClN4O.C16H14ClN3O2.C16H14N4O2.C15H13N5O2/c18-13-1-2-14-11(9-13)10-15(20-14)16(22)21-17(5-6-17)12-3-7-19-8-4-12;1-21-7-4-14(20-21)16(5-6-16)19-15(22)13-9-10-8-11(17)2-3-12(10)18-13;1-9-18-14(8-22-9)16(4-5-16)20-15(21)13-7-10-6-11(17)2-3-12(10)19-13;1-9(15-8-22-10(2)19-15)18-16(21)14-6-12-5-11(7-17)3-4-13(12)20-14;1-8(15-18-9(2)20-22-15)17-14(21)13-6-11-5-10(7-16)3-4-12(11)19-13/h1-4,7-10,20H,5-6H2,(H,21,22);2-4,7-9,18H,5-6H2,1H3,(H,19,22);2-3,6-8,19H,4-5H2,1H3,(H,20,21);3-6,8-9,20H,1-2H3,(H,18,21);3-6,8,19H,1-2H3,(H,17,21). The first-order valence-corrected chi connectivity index (χ1v) is 36.1. The van der Waals surface area contributed by atoms with Crippen LogP contribution in [-0.4, -0.2) is 89.3 Å². The Balaban J connectivity index is 0.000000115. The molecule has 110 heavy (non-hydrogen) atoms. The van der Waals surface area contributed by atoms with Gasteiger partial charge in [-0.25, -0.2) is 9.97 Å². The minimum absolute atomic E-state index is 0.0957. The number of hydrogen-bond donors (Lipinski definition) is 10. The van der Waals surface area contributed by atoms with Gasteiger partial charge in [-0.1, -0.05) is 40.0 Å². The first kappa shape index (κ1) is 73.8. The van der Waals surface area contributed by atoms with E-state index in [4.69, 9.17) is 58.7 Å². The molecule has 3 aliphatic carbocycles. The fourth-order valence-corrected chi connectivity index (χ4v) is 13.2. The number of nitrogens with zero attached hydrogens (tertiary/aromatic N) is 9. The normalized spacial score (nSPS) is 14.3. The van der Waals surface area contributed by atoms with Crippen LogP contribution in [0.2, 0.25) is 15.1 Å². The van der Waals surface area contributed by atoms with Crippen molar-refractivity contribution in [3.63, 3.8) is 0 Å². The number of amides is 5. The average Bonchev–Trinajstić information content (AvgIpc) is 1.62. The lowest BCUT2D eigenvalue weighted by molar-refractivity contribution is 0.0917. The molecule has 0 aliphatic heterocycles. The molecule has 3 fully saturated rings. The van der Waals surface area contributed by atoms with Crippen molar-refractivity contribution in [3.05, 3.63) is 271 Å². The molecule has 0 radical (unpaired) electrons. The Morgan fingerprint density at radius 2 is 0.882 bits per heavy atom. The third kappa shape index (κ3) is 16.7. The van der Waals surface area contributed by atoms with Gasteiger partial charge in [-0.2, -0.15) is 20.6 Å². The number of aromatic nitrogens is 12. The monoisotopic (exact) mass is 1530 g/mol. The highest BCUT2D eigenvalue weighted by atomic mass is 35.5. The summed E-state index contributed by atoms with van der Waals surface area (Å²) in [6.07, 6.45) is 14.0. The molecule has 0 bridgehead atoms. The fourth-order valence-electron chi connectivity index (χ4n) is 12.6. The number of H-pyrrole nitrogens is 5. The summed E-state index contributed by atoms with van der Waals surface area (Å²) in [6, 6.07) is 45.3. The Bertz CT molecular complexity index is 5790. The molecule has 2 atom stereocenters. The second-order valence-corrected chi connectivity index (χ2v) is 28.6. The summed E-state index contributed by atoms with van der Waals surface area (Å²) >= 11 is 17.9. The summed E-state index contributed by atoms with van der Waals surface area (Å²) in [5, 5.41) is 47.3. The molecule has 30 heteroatoms. The predicted octanol–water partition coefficient (Wildman–Crippen LogP) is 15.2. The van der Waals surface area contributed by atoms with Crippen LogP contribution in [0.1, 0.15) is 174 Å². The second kappa shape index (κ2) is 30.6. The molecule has 0 spiro atoms. The highest BCUT2D eigenvalue weighted by Crippen LogP contribution is 2.47. The zero-order chi connectivity index (χ0) is 77.2. The average molecular weight is 1530 g/mol. The lowest BCUT2D eigenvalue weighted by Gasteiger charge is -2.17.